The minimum Gasteiger partial charge on any atom is -0.343 e. The van der Waals surface area contributed by atoms with Crippen LogP contribution in [0.2, 0.25) is 0 Å². The predicted molar refractivity (Wildman–Crippen MR) is 336 cm³/mol. The predicted octanol–water partition coefficient (Wildman–Crippen LogP) is 5.20. The molecule has 0 unspecified atom stereocenters. The van der Waals surface area contributed by atoms with Crippen molar-refractivity contribution in [2.45, 2.75) is 230 Å². The first kappa shape index (κ1) is 77.7. The van der Waals surface area contributed by atoms with Gasteiger partial charge < -0.3 is 55.6 Å². The average Bonchev–Trinajstić information content (AvgIpc) is 2.38. The van der Waals surface area contributed by atoms with Crippen LogP contribution in [0.1, 0.15) is 170 Å². The molecule has 0 bridgehead atoms. The second-order valence-corrected chi connectivity index (χ2v) is 27.2. The molecular weight excluding hydrogens is 1100 g/mol. The van der Waals surface area contributed by atoms with Gasteiger partial charge >= 0.3 is 0 Å². The van der Waals surface area contributed by atoms with Gasteiger partial charge in [0, 0.05) is 49.3 Å². The number of hydrogen-bond acceptors (Lipinski definition) is 11. The molecular formula is C64H113N11O11. The van der Waals surface area contributed by atoms with Gasteiger partial charge in [0.25, 0.3) is 5.91 Å². The van der Waals surface area contributed by atoms with Crippen molar-refractivity contribution in [1.29, 1.82) is 0 Å². The summed E-state index contributed by atoms with van der Waals surface area (Å²) in [4.78, 5) is 170. The number of allylic oxidation sites excluding steroid dienone is 2. The Morgan fingerprint density at radius 2 is 0.895 bits per heavy atom. The zero-order valence-corrected chi connectivity index (χ0v) is 57.2. The van der Waals surface area contributed by atoms with E-state index >= 15 is 9.59 Å². The zero-order valence-electron chi connectivity index (χ0n) is 57.2. The molecule has 11 amide bonds. The normalized spacial score (nSPS) is 26.5. The summed E-state index contributed by atoms with van der Waals surface area (Å²) < 4.78 is 0. The van der Waals surface area contributed by atoms with Crippen molar-refractivity contribution in [3.63, 3.8) is 0 Å². The highest BCUT2D eigenvalue weighted by molar-refractivity contribution is 6.02. The standard InChI is InChI=1S/C64H113N11O11/c1-27-29-30-41(13)34-47-55(78)67-45(28-2)59(82)69(20)44(16)58(81)74(25)50(35-64(17,18)19)56(79)68-51(39(9)10)62(85)70(21)46(31-36(3)4)54(77)65-42(14)53(76)66-43(15)57(80)72(23)48(32-37(5)6)60(83)73(24)49(33-38(7)8)61(84)75(26)52(40(11)12)63(86)71(47)22/h27,29,36-43,45-52H,16,28,30-35H2,1-15,17-26H3,(H,65,77)(H,66,76)(H,67,78)(H,68,79)/b29-27+/t41-,42-,43+,45+,46-,47+,48+,49+,50+,51-,52+/m1/s1. The van der Waals surface area contributed by atoms with E-state index in [-0.39, 0.29) is 67.9 Å². The van der Waals surface area contributed by atoms with Crippen LogP contribution in [0.4, 0.5) is 0 Å². The largest absolute Gasteiger partial charge is 0.343 e. The van der Waals surface area contributed by atoms with Crippen molar-refractivity contribution < 1.29 is 52.7 Å². The van der Waals surface area contributed by atoms with Crippen LogP contribution in [0, 0.1) is 40.9 Å². The second kappa shape index (κ2) is 34.3. The number of carbonyl (C=O) groups is 11. The fraction of sp³-hybridized carbons (Fsp3) is 0.766. The number of nitrogens with one attached hydrogen (secondary N) is 4. The molecule has 1 aliphatic heterocycles. The molecule has 0 aromatic rings. The van der Waals surface area contributed by atoms with E-state index in [1.54, 1.807) is 34.6 Å². The molecule has 1 rings (SSSR count). The molecule has 86 heavy (non-hydrogen) atoms. The molecule has 1 fully saturated rings. The Balaban J connectivity index is 4.36. The minimum atomic E-state index is -1.23. The smallest absolute Gasteiger partial charge is 0.270 e. The first-order chi connectivity index (χ1) is 39.5. The van der Waals surface area contributed by atoms with Gasteiger partial charge in [-0.1, -0.05) is 123 Å². The molecule has 4 N–H and O–H groups in total. The summed E-state index contributed by atoms with van der Waals surface area (Å²) in [5, 5.41) is 11.1. The van der Waals surface area contributed by atoms with E-state index in [4.69, 9.17) is 0 Å². The maximum Gasteiger partial charge on any atom is 0.270 e. The summed E-state index contributed by atoms with van der Waals surface area (Å²) in [7, 11) is 10.1. The van der Waals surface area contributed by atoms with Gasteiger partial charge in [0.15, 0.2) is 0 Å². The topological polar surface area (TPSA) is 259 Å². The van der Waals surface area contributed by atoms with Gasteiger partial charge in [0.2, 0.25) is 59.1 Å². The number of likely N-dealkylation sites (N-methyl/N-ethyl adjacent to an activating group) is 7. The van der Waals surface area contributed by atoms with Crippen molar-refractivity contribution in [2.75, 3.05) is 49.3 Å². The Morgan fingerprint density at radius 1 is 0.477 bits per heavy atom. The van der Waals surface area contributed by atoms with Gasteiger partial charge in [0.1, 0.15) is 66.1 Å². The third-order valence-electron chi connectivity index (χ3n) is 16.2. The van der Waals surface area contributed by atoms with Gasteiger partial charge in [-0.05, 0) is 107 Å². The lowest BCUT2D eigenvalue weighted by Gasteiger charge is -2.41. The highest BCUT2D eigenvalue weighted by Gasteiger charge is 2.44. The van der Waals surface area contributed by atoms with Gasteiger partial charge in [-0.25, -0.2) is 0 Å². The maximum absolute atomic E-state index is 15.1. The molecule has 1 aliphatic rings. The van der Waals surface area contributed by atoms with Crippen LogP contribution in [0.3, 0.4) is 0 Å². The fourth-order valence-corrected chi connectivity index (χ4v) is 10.8. The lowest BCUT2D eigenvalue weighted by molar-refractivity contribution is -0.156. The van der Waals surface area contributed by atoms with Crippen LogP contribution >= 0.6 is 0 Å². The third kappa shape index (κ3) is 21.8. The Labute approximate surface area is 516 Å². The van der Waals surface area contributed by atoms with Crippen LogP contribution in [-0.2, 0) is 52.7 Å². The third-order valence-corrected chi connectivity index (χ3v) is 16.2. The van der Waals surface area contributed by atoms with E-state index in [1.165, 1.54) is 87.7 Å². The van der Waals surface area contributed by atoms with Gasteiger partial charge in [-0.3, -0.25) is 52.7 Å². The van der Waals surface area contributed by atoms with Crippen LogP contribution in [0.15, 0.2) is 24.4 Å². The summed E-state index contributed by atoms with van der Waals surface area (Å²) in [5.41, 5.74) is -0.884. The molecule has 0 aromatic carbocycles. The maximum atomic E-state index is 15.1. The molecule has 0 aromatic heterocycles. The number of hydrogen-bond donors (Lipinski definition) is 4. The Morgan fingerprint density at radius 3 is 1.35 bits per heavy atom. The highest BCUT2D eigenvalue weighted by Crippen LogP contribution is 2.28. The molecule has 0 spiro atoms. The first-order valence-electron chi connectivity index (χ1n) is 30.9. The molecule has 490 valence electrons. The van der Waals surface area contributed by atoms with Crippen molar-refractivity contribution in [3.05, 3.63) is 24.4 Å². The Bertz CT molecular complexity index is 2420. The van der Waals surface area contributed by atoms with Crippen molar-refractivity contribution >= 4 is 65.0 Å². The Hall–Kier alpha value is -6.35. The lowest BCUT2D eigenvalue weighted by atomic mass is 9.86. The van der Waals surface area contributed by atoms with E-state index in [0.717, 1.165) is 9.80 Å². The summed E-state index contributed by atoms with van der Waals surface area (Å²) in [5.74, 6) is -8.75. The van der Waals surface area contributed by atoms with Gasteiger partial charge in [-0.15, -0.1) is 0 Å². The molecule has 0 radical (unpaired) electrons. The molecule has 0 saturated carbocycles. The van der Waals surface area contributed by atoms with Crippen molar-refractivity contribution in [2.24, 2.45) is 40.9 Å². The van der Waals surface area contributed by atoms with Crippen LogP contribution < -0.4 is 21.3 Å². The SMILES string of the molecule is C=C1C(=O)N(C)[C@@H](CC(C)(C)C)C(=O)N[C@H](C(C)C)C(=O)N(C)[C@H](CC(C)C)C(=O)N[C@H](C)C(=O)N[C@@H](C)C(=O)N(C)[C@@H](CC(C)C)C(=O)N(C)[C@@H](CC(C)C)C(=O)N(C)[C@@H](C(C)C)C(=O)N(C)[C@@H](C[C@H](C)C/C=C/C)C(=O)N[C@@H](CC)C(=O)N1C. The Kier molecular flexibility index (Phi) is 30.9. The summed E-state index contributed by atoms with van der Waals surface area (Å²) >= 11 is 0. The van der Waals surface area contributed by atoms with Crippen molar-refractivity contribution in [1.82, 2.24) is 55.6 Å². The molecule has 22 nitrogen and oxygen atoms in total. The van der Waals surface area contributed by atoms with Crippen LogP contribution in [0.5, 0.6) is 0 Å². The molecule has 0 aliphatic carbocycles. The molecule has 11 atom stereocenters. The number of rotatable bonds is 14. The molecule has 1 heterocycles. The van der Waals surface area contributed by atoms with E-state index in [0.29, 0.717) is 6.42 Å². The monoisotopic (exact) mass is 1210 g/mol. The summed E-state index contributed by atoms with van der Waals surface area (Å²) in [6.07, 6.45) is 5.21. The van der Waals surface area contributed by atoms with Crippen LogP contribution in [0.25, 0.3) is 0 Å². The van der Waals surface area contributed by atoms with E-state index in [9.17, 15) is 43.2 Å². The average molecular weight is 1210 g/mol. The van der Waals surface area contributed by atoms with Crippen LogP contribution in [-0.4, -0.2) is 209 Å². The lowest BCUT2D eigenvalue weighted by Crippen LogP contribution is -2.61. The minimum absolute atomic E-state index is 0.0584. The fourth-order valence-electron chi connectivity index (χ4n) is 10.8. The number of carbonyl (C=O) groups excluding carboxylic acids is 11. The van der Waals surface area contributed by atoms with Gasteiger partial charge in [0.05, 0.1) is 0 Å². The van der Waals surface area contributed by atoms with Crippen molar-refractivity contribution in [3.8, 4) is 0 Å². The summed E-state index contributed by atoms with van der Waals surface area (Å²) in [6.45, 7) is 36.3. The summed E-state index contributed by atoms with van der Waals surface area (Å²) in [6, 6.07) is -11.8. The molecule has 22 heteroatoms. The number of amides is 11. The van der Waals surface area contributed by atoms with E-state index < -0.39 is 143 Å². The van der Waals surface area contributed by atoms with Gasteiger partial charge in [-0.2, -0.15) is 0 Å². The molecule has 1 saturated heterocycles. The zero-order chi connectivity index (χ0) is 66.9. The van der Waals surface area contributed by atoms with E-state index in [2.05, 4.69) is 27.8 Å². The quantitative estimate of drug-likeness (QED) is 0.130. The second-order valence-electron chi connectivity index (χ2n) is 27.2. The number of nitrogens with zero attached hydrogens (tertiary/aromatic N) is 7. The highest BCUT2D eigenvalue weighted by atomic mass is 16.2. The van der Waals surface area contributed by atoms with E-state index in [1.807, 2.05) is 88.3 Å². The first-order valence-corrected chi connectivity index (χ1v) is 30.9.